The summed E-state index contributed by atoms with van der Waals surface area (Å²) in [5, 5.41) is 3.33. The highest BCUT2D eigenvalue weighted by atomic mass is 35.5. The summed E-state index contributed by atoms with van der Waals surface area (Å²) in [5.41, 5.74) is 11.8. The van der Waals surface area contributed by atoms with Crippen molar-refractivity contribution in [2.24, 2.45) is 5.73 Å². The predicted octanol–water partition coefficient (Wildman–Crippen LogP) is 1.78. The SMILES string of the molecule is CCOC(=O)c1cc(N)cc(Cl)c1NCCCC(N)=O. The van der Waals surface area contributed by atoms with Crippen molar-refractivity contribution in [2.45, 2.75) is 19.8 Å². The van der Waals surface area contributed by atoms with E-state index in [1.165, 1.54) is 6.07 Å². The van der Waals surface area contributed by atoms with E-state index in [4.69, 9.17) is 27.8 Å². The summed E-state index contributed by atoms with van der Waals surface area (Å²) in [4.78, 5) is 22.5. The molecule has 0 aliphatic rings. The molecule has 0 radical (unpaired) electrons. The lowest BCUT2D eigenvalue weighted by Gasteiger charge is -2.13. The Labute approximate surface area is 122 Å². The number of halogens is 1. The number of ether oxygens (including phenoxy) is 1. The summed E-state index contributed by atoms with van der Waals surface area (Å²) in [6.45, 7) is 2.43. The van der Waals surface area contributed by atoms with Gasteiger partial charge in [0.05, 0.1) is 22.9 Å². The van der Waals surface area contributed by atoms with Gasteiger partial charge in [0.1, 0.15) is 0 Å². The molecule has 1 rings (SSSR count). The fourth-order valence-electron chi connectivity index (χ4n) is 1.65. The van der Waals surface area contributed by atoms with Crippen molar-refractivity contribution in [3.8, 4) is 0 Å². The van der Waals surface area contributed by atoms with E-state index in [-0.39, 0.29) is 24.5 Å². The second kappa shape index (κ2) is 7.59. The molecule has 0 saturated carbocycles. The van der Waals surface area contributed by atoms with Crippen LogP contribution in [0.25, 0.3) is 0 Å². The number of hydrogen-bond donors (Lipinski definition) is 3. The largest absolute Gasteiger partial charge is 0.462 e. The number of anilines is 2. The van der Waals surface area contributed by atoms with Crippen LogP contribution >= 0.6 is 11.6 Å². The quantitative estimate of drug-likeness (QED) is 0.404. The van der Waals surface area contributed by atoms with Crippen molar-refractivity contribution in [3.05, 3.63) is 22.7 Å². The molecular formula is C13H18ClN3O3. The zero-order chi connectivity index (χ0) is 15.1. The average Bonchev–Trinajstić information content (AvgIpc) is 2.35. The zero-order valence-corrected chi connectivity index (χ0v) is 12.0. The first-order chi connectivity index (χ1) is 9.45. The molecule has 0 bridgehead atoms. The molecule has 110 valence electrons. The maximum absolute atomic E-state index is 11.9. The Bertz CT molecular complexity index is 506. The topological polar surface area (TPSA) is 107 Å². The molecule has 1 aromatic carbocycles. The minimum Gasteiger partial charge on any atom is -0.462 e. The fourth-order valence-corrected chi connectivity index (χ4v) is 1.95. The number of nitrogen functional groups attached to an aromatic ring is 1. The van der Waals surface area contributed by atoms with E-state index >= 15 is 0 Å². The first-order valence-corrected chi connectivity index (χ1v) is 6.61. The van der Waals surface area contributed by atoms with Crippen LogP contribution in [0, 0.1) is 0 Å². The van der Waals surface area contributed by atoms with E-state index in [2.05, 4.69) is 5.32 Å². The number of primary amides is 1. The molecule has 0 fully saturated rings. The van der Waals surface area contributed by atoms with E-state index in [0.717, 1.165) is 0 Å². The van der Waals surface area contributed by atoms with Gasteiger partial charge in [-0.2, -0.15) is 0 Å². The first-order valence-electron chi connectivity index (χ1n) is 6.24. The highest BCUT2D eigenvalue weighted by Gasteiger charge is 2.16. The van der Waals surface area contributed by atoms with Gasteiger partial charge in [-0.25, -0.2) is 4.79 Å². The third kappa shape index (κ3) is 4.62. The Morgan fingerprint density at radius 3 is 2.70 bits per heavy atom. The van der Waals surface area contributed by atoms with Gasteiger partial charge < -0.3 is 21.5 Å². The van der Waals surface area contributed by atoms with E-state index < -0.39 is 5.97 Å². The third-order valence-electron chi connectivity index (χ3n) is 2.51. The summed E-state index contributed by atoms with van der Waals surface area (Å²) in [7, 11) is 0. The molecular weight excluding hydrogens is 282 g/mol. The lowest BCUT2D eigenvalue weighted by molar-refractivity contribution is -0.118. The zero-order valence-electron chi connectivity index (χ0n) is 11.2. The number of amides is 1. The van der Waals surface area contributed by atoms with Crippen LogP contribution in [0.3, 0.4) is 0 Å². The highest BCUT2D eigenvalue weighted by Crippen LogP contribution is 2.29. The summed E-state index contributed by atoms with van der Waals surface area (Å²) >= 11 is 6.08. The van der Waals surface area contributed by atoms with Crippen LogP contribution in [0.5, 0.6) is 0 Å². The summed E-state index contributed by atoms with van der Waals surface area (Å²) < 4.78 is 4.96. The van der Waals surface area contributed by atoms with Crippen LogP contribution in [-0.4, -0.2) is 25.0 Å². The molecule has 5 N–H and O–H groups in total. The number of benzene rings is 1. The molecule has 7 heteroatoms. The first kappa shape index (κ1) is 16.1. The van der Waals surface area contributed by atoms with E-state index in [1.54, 1.807) is 13.0 Å². The number of carbonyl (C=O) groups is 2. The molecule has 0 atom stereocenters. The molecule has 0 heterocycles. The minimum atomic E-state index is -0.501. The average molecular weight is 300 g/mol. The number of hydrogen-bond acceptors (Lipinski definition) is 5. The summed E-state index contributed by atoms with van der Waals surface area (Å²) in [5.74, 6) is -0.875. The van der Waals surface area contributed by atoms with Crippen LogP contribution < -0.4 is 16.8 Å². The molecule has 0 aromatic heterocycles. The molecule has 20 heavy (non-hydrogen) atoms. The number of rotatable bonds is 7. The molecule has 0 spiro atoms. The molecule has 1 aromatic rings. The number of carbonyl (C=O) groups excluding carboxylic acids is 2. The molecule has 0 saturated heterocycles. The van der Waals surface area contributed by atoms with E-state index in [1.807, 2.05) is 0 Å². The molecule has 6 nitrogen and oxygen atoms in total. The van der Waals surface area contributed by atoms with Crippen molar-refractivity contribution in [2.75, 3.05) is 24.2 Å². The second-order valence-electron chi connectivity index (χ2n) is 4.14. The van der Waals surface area contributed by atoms with Crippen molar-refractivity contribution in [3.63, 3.8) is 0 Å². The van der Waals surface area contributed by atoms with Crippen molar-refractivity contribution in [1.29, 1.82) is 0 Å². The van der Waals surface area contributed by atoms with Gasteiger partial charge in [-0.3, -0.25) is 4.79 Å². The molecule has 1 amide bonds. The Morgan fingerprint density at radius 1 is 1.40 bits per heavy atom. The van der Waals surface area contributed by atoms with Gasteiger partial charge in [0.25, 0.3) is 0 Å². The van der Waals surface area contributed by atoms with Crippen molar-refractivity contribution in [1.82, 2.24) is 0 Å². The normalized spacial score (nSPS) is 10.1. The summed E-state index contributed by atoms with van der Waals surface area (Å²) in [6, 6.07) is 3.04. The van der Waals surface area contributed by atoms with Crippen LogP contribution in [0.15, 0.2) is 12.1 Å². The maximum Gasteiger partial charge on any atom is 0.340 e. The monoisotopic (exact) mass is 299 g/mol. The smallest absolute Gasteiger partial charge is 0.340 e. The van der Waals surface area contributed by atoms with Gasteiger partial charge in [-0.05, 0) is 25.5 Å². The Morgan fingerprint density at radius 2 is 2.10 bits per heavy atom. The maximum atomic E-state index is 11.9. The lowest BCUT2D eigenvalue weighted by atomic mass is 10.1. The van der Waals surface area contributed by atoms with Gasteiger partial charge in [-0.1, -0.05) is 11.6 Å². The highest BCUT2D eigenvalue weighted by molar-refractivity contribution is 6.34. The Hall–Kier alpha value is -1.95. The molecule has 0 aliphatic heterocycles. The van der Waals surface area contributed by atoms with Gasteiger partial charge in [-0.15, -0.1) is 0 Å². The standard InChI is InChI=1S/C13H18ClN3O3/c1-2-20-13(19)9-6-8(15)7-10(14)12(9)17-5-3-4-11(16)18/h6-7,17H,2-5,15H2,1H3,(H2,16,18). The van der Waals surface area contributed by atoms with Crippen LogP contribution in [-0.2, 0) is 9.53 Å². The number of esters is 1. The third-order valence-corrected chi connectivity index (χ3v) is 2.81. The number of nitrogens with one attached hydrogen (secondary N) is 1. The van der Waals surface area contributed by atoms with Gasteiger partial charge in [0.2, 0.25) is 5.91 Å². The lowest BCUT2D eigenvalue weighted by Crippen LogP contribution is -2.15. The van der Waals surface area contributed by atoms with E-state index in [9.17, 15) is 9.59 Å². The van der Waals surface area contributed by atoms with Crippen molar-refractivity contribution >= 4 is 34.9 Å². The van der Waals surface area contributed by atoms with Crippen molar-refractivity contribution < 1.29 is 14.3 Å². The minimum absolute atomic E-state index is 0.256. The molecule has 0 aliphatic carbocycles. The number of nitrogens with two attached hydrogens (primary N) is 2. The fraction of sp³-hybridized carbons (Fsp3) is 0.385. The Kier molecular flexibility index (Phi) is 6.11. The second-order valence-corrected chi connectivity index (χ2v) is 4.55. The van der Waals surface area contributed by atoms with Crippen LogP contribution in [0.1, 0.15) is 30.1 Å². The summed E-state index contributed by atoms with van der Waals surface area (Å²) in [6.07, 6.45) is 0.798. The predicted molar refractivity (Wildman–Crippen MR) is 78.7 cm³/mol. The Balaban J connectivity index is 2.86. The van der Waals surface area contributed by atoms with E-state index in [0.29, 0.717) is 29.4 Å². The van der Waals surface area contributed by atoms with Gasteiger partial charge >= 0.3 is 5.97 Å². The van der Waals surface area contributed by atoms with Crippen LogP contribution in [0.4, 0.5) is 11.4 Å². The van der Waals surface area contributed by atoms with Gasteiger partial charge in [0.15, 0.2) is 0 Å². The van der Waals surface area contributed by atoms with Crippen LogP contribution in [0.2, 0.25) is 5.02 Å². The molecule has 0 unspecified atom stereocenters. The van der Waals surface area contributed by atoms with Gasteiger partial charge in [0, 0.05) is 18.7 Å².